The van der Waals surface area contributed by atoms with Gasteiger partial charge in [0, 0.05) is 31.4 Å². The van der Waals surface area contributed by atoms with E-state index < -0.39 is 0 Å². The molecule has 15 heavy (non-hydrogen) atoms. The molecule has 0 fully saturated rings. The van der Waals surface area contributed by atoms with Crippen molar-refractivity contribution in [1.82, 2.24) is 10.6 Å². The van der Waals surface area contributed by atoms with E-state index >= 15 is 0 Å². The van der Waals surface area contributed by atoms with Crippen LogP contribution in [0.5, 0.6) is 0 Å². The first kappa shape index (κ1) is 11.5. The first-order valence-corrected chi connectivity index (χ1v) is 4.98. The lowest BCUT2D eigenvalue weighted by molar-refractivity contribution is 0.0954. The van der Waals surface area contributed by atoms with Gasteiger partial charge in [-0.2, -0.15) is 0 Å². The van der Waals surface area contributed by atoms with Crippen molar-refractivity contribution in [2.24, 2.45) is 0 Å². The third-order valence-electron chi connectivity index (χ3n) is 2.10. The van der Waals surface area contributed by atoms with E-state index in [2.05, 4.69) is 16.0 Å². The molecule has 0 saturated carbocycles. The summed E-state index contributed by atoms with van der Waals surface area (Å²) in [5.41, 5.74) is 1.69. The van der Waals surface area contributed by atoms with Crippen LogP contribution in [0.25, 0.3) is 0 Å². The highest BCUT2D eigenvalue weighted by Crippen LogP contribution is 2.07. The summed E-state index contributed by atoms with van der Waals surface area (Å²) in [6.45, 7) is 1.42. The fourth-order valence-corrected chi connectivity index (χ4v) is 1.19. The minimum Gasteiger partial charge on any atom is -0.388 e. The molecule has 82 valence electrons. The Morgan fingerprint density at radius 3 is 2.33 bits per heavy atom. The van der Waals surface area contributed by atoms with Crippen LogP contribution < -0.4 is 16.0 Å². The fourth-order valence-electron chi connectivity index (χ4n) is 1.19. The summed E-state index contributed by atoms with van der Waals surface area (Å²) < 4.78 is 0. The van der Waals surface area contributed by atoms with Crippen LogP contribution in [0.15, 0.2) is 24.3 Å². The molecule has 4 heteroatoms. The number of hydrogen-bond acceptors (Lipinski definition) is 3. The summed E-state index contributed by atoms with van der Waals surface area (Å²) in [5, 5.41) is 8.79. The molecular formula is C11H17N3O. The SMILES string of the molecule is CNCCNC(=O)c1ccc(NC)cc1. The predicted octanol–water partition coefficient (Wildman–Crippen LogP) is 0.677. The summed E-state index contributed by atoms with van der Waals surface area (Å²) in [4.78, 5) is 11.6. The van der Waals surface area contributed by atoms with Crippen LogP contribution in [-0.4, -0.2) is 33.1 Å². The van der Waals surface area contributed by atoms with Crippen molar-refractivity contribution >= 4 is 11.6 Å². The molecule has 0 aliphatic heterocycles. The summed E-state index contributed by atoms with van der Waals surface area (Å²) in [5.74, 6) is -0.0343. The second-order valence-electron chi connectivity index (χ2n) is 3.19. The largest absolute Gasteiger partial charge is 0.388 e. The maximum absolute atomic E-state index is 11.6. The van der Waals surface area contributed by atoms with Crippen LogP contribution in [0.4, 0.5) is 5.69 Å². The number of hydrogen-bond donors (Lipinski definition) is 3. The van der Waals surface area contributed by atoms with E-state index in [9.17, 15) is 4.79 Å². The Labute approximate surface area is 90.1 Å². The van der Waals surface area contributed by atoms with E-state index in [4.69, 9.17) is 0 Å². The molecule has 1 amide bonds. The highest BCUT2D eigenvalue weighted by Gasteiger charge is 2.03. The van der Waals surface area contributed by atoms with Gasteiger partial charge in [-0.15, -0.1) is 0 Å². The highest BCUT2D eigenvalue weighted by molar-refractivity contribution is 5.94. The van der Waals surface area contributed by atoms with E-state index in [1.807, 2.05) is 26.2 Å². The second-order valence-corrected chi connectivity index (χ2v) is 3.19. The van der Waals surface area contributed by atoms with Gasteiger partial charge in [0.05, 0.1) is 0 Å². The van der Waals surface area contributed by atoms with Crippen LogP contribution >= 0.6 is 0 Å². The molecule has 0 spiro atoms. The van der Waals surface area contributed by atoms with Gasteiger partial charge in [0.2, 0.25) is 0 Å². The molecule has 0 aliphatic carbocycles. The van der Waals surface area contributed by atoms with Gasteiger partial charge in [0.1, 0.15) is 0 Å². The van der Waals surface area contributed by atoms with Crippen LogP contribution in [0.1, 0.15) is 10.4 Å². The van der Waals surface area contributed by atoms with E-state index in [-0.39, 0.29) is 5.91 Å². The minimum absolute atomic E-state index is 0.0343. The van der Waals surface area contributed by atoms with Crippen LogP contribution in [0.2, 0.25) is 0 Å². The summed E-state index contributed by atoms with van der Waals surface area (Å²) in [7, 11) is 3.70. The van der Waals surface area contributed by atoms with Gasteiger partial charge in [-0.25, -0.2) is 0 Å². The van der Waals surface area contributed by atoms with E-state index in [0.29, 0.717) is 12.1 Å². The Morgan fingerprint density at radius 1 is 1.13 bits per heavy atom. The van der Waals surface area contributed by atoms with Gasteiger partial charge in [-0.1, -0.05) is 0 Å². The molecule has 0 heterocycles. The molecular weight excluding hydrogens is 190 g/mol. The smallest absolute Gasteiger partial charge is 0.251 e. The van der Waals surface area contributed by atoms with E-state index in [1.165, 1.54) is 0 Å². The highest BCUT2D eigenvalue weighted by atomic mass is 16.1. The topological polar surface area (TPSA) is 53.2 Å². The Morgan fingerprint density at radius 2 is 1.80 bits per heavy atom. The maximum atomic E-state index is 11.6. The molecule has 1 aromatic carbocycles. The summed E-state index contributed by atoms with van der Waals surface area (Å²) >= 11 is 0. The average Bonchev–Trinajstić information content (AvgIpc) is 2.29. The van der Waals surface area contributed by atoms with Crippen molar-refractivity contribution < 1.29 is 4.79 Å². The molecule has 0 atom stereocenters. The van der Waals surface area contributed by atoms with Gasteiger partial charge in [0.15, 0.2) is 0 Å². The molecule has 0 bridgehead atoms. The summed E-state index contributed by atoms with van der Waals surface area (Å²) in [6, 6.07) is 7.38. The number of benzene rings is 1. The zero-order chi connectivity index (χ0) is 11.1. The van der Waals surface area contributed by atoms with Crippen LogP contribution in [-0.2, 0) is 0 Å². The molecule has 0 radical (unpaired) electrons. The van der Waals surface area contributed by atoms with Gasteiger partial charge >= 0.3 is 0 Å². The van der Waals surface area contributed by atoms with Gasteiger partial charge in [0.25, 0.3) is 5.91 Å². The molecule has 0 saturated heterocycles. The molecule has 0 aliphatic rings. The normalized spacial score (nSPS) is 9.73. The lowest BCUT2D eigenvalue weighted by atomic mass is 10.2. The third-order valence-corrected chi connectivity index (χ3v) is 2.10. The Balaban J connectivity index is 2.50. The predicted molar refractivity (Wildman–Crippen MR) is 62.2 cm³/mol. The first-order chi connectivity index (χ1) is 7.27. The molecule has 1 aromatic rings. The van der Waals surface area contributed by atoms with Crippen LogP contribution in [0, 0.1) is 0 Å². The van der Waals surface area contributed by atoms with Crippen LogP contribution in [0.3, 0.4) is 0 Å². The Bertz CT molecular complexity index is 308. The van der Waals surface area contributed by atoms with Crippen molar-refractivity contribution in [3.8, 4) is 0 Å². The second kappa shape index (κ2) is 6.03. The number of amides is 1. The van der Waals surface area contributed by atoms with E-state index in [1.54, 1.807) is 12.1 Å². The zero-order valence-electron chi connectivity index (χ0n) is 9.13. The number of rotatable bonds is 5. The van der Waals surface area contributed by atoms with Gasteiger partial charge in [-0.3, -0.25) is 4.79 Å². The monoisotopic (exact) mass is 207 g/mol. The average molecular weight is 207 g/mol. The van der Waals surface area contributed by atoms with Crippen molar-refractivity contribution in [3.05, 3.63) is 29.8 Å². The number of anilines is 1. The van der Waals surface area contributed by atoms with Crippen molar-refractivity contribution in [1.29, 1.82) is 0 Å². The Hall–Kier alpha value is -1.55. The fraction of sp³-hybridized carbons (Fsp3) is 0.364. The molecule has 1 rings (SSSR count). The number of carbonyl (C=O) groups excluding carboxylic acids is 1. The molecule has 0 unspecified atom stereocenters. The first-order valence-electron chi connectivity index (χ1n) is 4.98. The van der Waals surface area contributed by atoms with E-state index in [0.717, 1.165) is 12.2 Å². The lowest BCUT2D eigenvalue weighted by Gasteiger charge is -2.05. The van der Waals surface area contributed by atoms with Crippen molar-refractivity contribution in [2.75, 3.05) is 32.5 Å². The standard InChI is InChI=1S/C11H17N3O/c1-12-7-8-14-11(15)9-3-5-10(13-2)6-4-9/h3-6,12-13H,7-8H2,1-2H3,(H,14,15). The number of carbonyl (C=O) groups is 1. The lowest BCUT2D eigenvalue weighted by Crippen LogP contribution is -2.30. The maximum Gasteiger partial charge on any atom is 0.251 e. The van der Waals surface area contributed by atoms with Gasteiger partial charge in [-0.05, 0) is 31.3 Å². The Kier molecular flexibility index (Phi) is 4.63. The summed E-state index contributed by atoms with van der Waals surface area (Å²) in [6.07, 6.45) is 0. The third kappa shape index (κ3) is 3.59. The zero-order valence-corrected chi connectivity index (χ0v) is 9.13. The number of nitrogens with one attached hydrogen (secondary N) is 3. The quantitative estimate of drug-likeness (QED) is 0.622. The van der Waals surface area contributed by atoms with Crippen molar-refractivity contribution in [2.45, 2.75) is 0 Å². The minimum atomic E-state index is -0.0343. The van der Waals surface area contributed by atoms with Gasteiger partial charge < -0.3 is 16.0 Å². The molecule has 3 N–H and O–H groups in total. The molecule has 4 nitrogen and oxygen atoms in total. The molecule has 0 aromatic heterocycles. The van der Waals surface area contributed by atoms with Crippen molar-refractivity contribution in [3.63, 3.8) is 0 Å². The number of likely N-dealkylation sites (N-methyl/N-ethyl adjacent to an activating group) is 1.